The van der Waals surface area contributed by atoms with E-state index in [1.165, 1.54) is 6.07 Å². The number of rotatable bonds is 6. The first-order chi connectivity index (χ1) is 13.5. The summed E-state index contributed by atoms with van der Waals surface area (Å²) in [4.78, 5) is 32.1. The first-order valence-corrected chi connectivity index (χ1v) is 9.43. The van der Waals surface area contributed by atoms with Gasteiger partial charge in [-0.25, -0.2) is 4.98 Å². The average molecular weight is 383 g/mol. The Morgan fingerprint density at radius 3 is 2.57 bits per heavy atom. The molecule has 148 valence electrons. The van der Waals surface area contributed by atoms with Crippen molar-refractivity contribution in [3.05, 3.63) is 63.3 Å². The first kappa shape index (κ1) is 19.8. The number of aryl methyl sites for hydroxylation is 1. The molecular weight excluding hydrogens is 358 g/mol. The number of nitro groups is 1. The summed E-state index contributed by atoms with van der Waals surface area (Å²) in [5.41, 5.74) is 1.63. The van der Waals surface area contributed by atoms with Gasteiger partial charge < -0.3 is 15.1 Å². The summed E-state index contributed by atoms with van der Waals surface area (Å²) in [6.45, 7) is 9.21. The van der Waals surface area contributed by atoms with E-state index in [9.17, 15) is 14.9 Å². The summed E-state index contributed by atoms with van der Waals surface area (Å²) in [6, 6.07) is 8.41. The second kappa shape index (κ2) is 8.79. The molecule has 8 nitrogen and oxygen atoms in total. The minimum Gasteiger partial charge on any atom is -0.354 e. The summed E-state index contributed by atoms with van der Waals surface area (Å²) in [6.07, 6.45) is 1.76. The van der Waals surface area contributed by atoms with Crippen LogP contribution in [0.15, 0.2) is 36.5 Å². The number of anilines is 1. The zero-order valence-electron chi connectivity index (χ0n) is 16.2. The van der Waals surface area contributed by atoms with Crippen LogP contribution in [0.1, 0.15) is 28.4 Å². The fraction of sp³-hybridized carbons (Fsp3) is 0.400. The standard InChI is InChI=1S/C20H25N5O3/c1-3-23-8-10-24(11-9-23)19-7-5-16(13-21-19)14-22-20(26)17-6-4-15(2)18(12-17)25(27)28/h4-7,12-13H,3,8-11,14H2,1-2H3,(H,22,26). The average Bonchev–Trinajstić information content (AvgIpc) is 2.72. The van der Waals surface area contributed by atoms with Crippen molar-refractivity contribution in [1.29, 1.82) is 0 Å². The largest absolute Gasteiger partial charge is 0.354 e. The molecule has 1 aromatic carbocycles. The van der Waals surface area contributed by atoms with Gasteiger partial charge in [0.15, 0.2) is 0 Å². The number of hydrogen-bond acceptors (Lipinski definition) is 6. The number of carbonyl (C=O) groups is 1. The van der Waals surface area contributed by atoms with Crippen molar-refractivity contribution in [3.63, 3.8) is 0 Å². The lowest BCUT2D eigenvalue weighted by Gasteiger charge is -2.34. The fourth-order valence-electron chi connectivity index (χ4n) is 3.23. The summed E-state index contributed by atoms with van der Waals surface area (Å²) in [5, 5.41) is 13.8. The van der Waals surface area contributed by atoms with Gasteiger partial charge >= 0.3 is 0 Å². The molecule has 0 saturated carbocycles. The van der Waals surface area contributed by atoms with Gasteiger partial charge in [-0.15, -0.1) is 0 Å². The van der Waals surface area contributed by atoms with Crippen LogP contribution in [-0.4, -0.2) is 53.4 Å². The van der Waals surface area contributed by atoms with Crippen LogP contribution in [0.25, 0.3) is 0 Å². The number of nitrogens with one attached hydrogen (secondary N) is 1. The molecule has 1 saturated heterocycles. The monoisotopic (exact) mass is 383 g/mol. The molecular formula is C20H25N5O3. The van der Waals surface area contributed by atoms with Crippen molar-refractivity contribution >= 4 is 17.4 Å². The van der Waals surface area contributed by atoms with Crippen LogP contribution in [0.4, 0.5) is 11.5 Å². The van der Waals surface area contributed by atoms with Crippen molar-refractivity contribution in [2.45, 2.75) is 20.4 Å². The molecule has 0 radical (unpaired) electrons. The Hall–Kier alpha value is -3.00. The number of piperazine rings is 1. The Labute approximate surface area is 164 Å². The third-order valence-electron chi connectivity index (χ3n) is 5.07. The lowest BCUT2D eigenvalue weighted by atomic mass is 10.1. The zero-order chi connectivity index (χ0) is 20.1. The van der Waals surface area contributed by atoms with Crippen LogP contribution < -0.4 is 10.2 Å². The SMILES string of the molecule is CCN1CCN(c2ccc(CNC(=O)c3ccc(C)c([N+](=O)[O-])c3)cn2)CC1. The molecule has 1 aliphatic heterocycles. The molecule has 0 aliphatic carbocycles. The van der Waals surface area contributed by atoms with Crippen molar-refractivity contribution in [2.75, 3.05) is 37.6 Å². The van der Waals surface area contributed by atoms with Crippen LogP contribution in [-0.2, 0) is 6.54 Å². The number of benzene rings is 1. The molecule has 1 aromatic heterocycles. The van der Waals surface area contributed by atoms with E-state index < -0.39 is 4.92 Å². The predicted molar refractivity (Wildman–Crippen MR) is 108 cm³/mol. The molecule has 0 atom stereocenters. The van der Waals surface area contributed by atoms with Crippen molar-refractivity contribution < 1.29 is 9.72 Å². The molecule has 1 fully saturated rings. The Kier molecular flexibility index (Phi) is 6.20. The summed E-state index contributed by atoms with van der Waals surface area (Å²) < 4.78 is 0. The maximum Gasteiger partial charge on any atom is 0.273 e. The van der Waals surface area contributed by atoms with E-state index in [-0.39, 0.29) is 17.2 Å². The number of likely N-dealkylation sites (N-methyl/N-ethyl adjacent to an activating group) is 1. The molecule has 1 N–H and O–H groups in total. The van der Waals surface area contributed by atoms with Crippen molar-refractivity contribution in [2.24, 2.45) is 0 Å². The number of hydrogen-bond donors (Lipinski definition) is 1. The molecule has 2 heterocycles. The normalized spacial score (nSPS) is 14.7. The summed E-state index contributed by atoms with van der Waals surface area (Å²) >= 11 is 0. The molecule has 1 aliphatic rings. The second-order valence-corrected chi connectivity index (χ2v) is 6.89. The van der Waals surface area contributed by atoms with Gasteiger partial charge in [0.1, 0.15) is 5.82 Å². The topological polar surface area (TPSA) is 91.6 Å². The molecule has 0 spiro atoms. The van der Waals surface area contributed by atoms with Crippen LogP contribution in [0, 0.1) is 17.0 Å². The maximum absolute atomic E-state index is 12.3. The predicted octanol–water partition coefficient (Wildman–Crippen LogP) is 2.37. The molecule has 0 bridgehead atoms. The summed E-state index contributed by atoms with van der Waals surface area (Å²) in [7, 11) is 0. The van der Waals surface area contributed by atoms with Gasteiger partial charge in [0.05, 0.1) is 4.92 Å². The van der Waals surface area contributed by atoms with Crippen molar-refractivity contribution in [1.82, 2.24) is 15.2 Å². The minimum atomic E-state index is -0.477. The first-order valence-electron chi connectivity index (χ1n) is 9.43. The highest BCUT2D eigenvalue weighted by atomic mass is 16.6. The third kappa shape index (κ3) is 4.64. The van der Waals surface area contributed by atoms with Crippen LogP contribution in [0.5, 0.6) is 0 Å². The third-order valence-corrected chi connectivity index (χ3v) is 5.07. The van der Waals surface area contributed by atoms with Crippen LogP contribution in [0.2, 0.25) is 0 Å². The Morgan fingerprint density at radius 2 is 1.96 bits per heavy atom. The molecule has 3 rings (SSSR count). The number of amides is 1. The number of pyridine rings is 1. The van der Waals surface area contributed by atoms with E-state index in [0.29, 0.717) is 12.1 Å². The Bertz CT molecular complexity index is 845. The number of carbonyl (C=O) groups excluding carboxylic acids is 1. The van der Waals surface area contributed by atoms with E-state index in [1.54, 1.807) is 25.3 Å². The highest BCUT2D eigenvalue weighted by Gasteiger charge is 2.17. The number of aromatic nitrogens is 1. The molecule has 2 aromatic rings. The van der Waals surface area contributed by atoms with Gasteiger partial charge in [0.2, 0.25) is 0 Å². The van der Waals surface area contributed by atoms with Gasteiger partial charge in [-0.2, -0.15) is 0 Å². The second-order valence-electron chi connectivity index (χ2n) is 6.89. The quantitative estimate of drug-likeness (QED) is 0.608. The van der Waals surface area contributed by atoms with Gasteiger partial charge in [-0.1, -0.05) is 19.1 Å². The summed E-state index contributed by atoms with van der Waals surface area (Å²) in [5.74, 6) is 0.600. The fourth-order valence-corrected chi connectivity index (χ4v) is 3.23. The minimum absolute atomic E-state index is 0.0539. The lowest BCUT2D eigenvalue weighted by Crippen LogP contribution is -2.46. The highest BCUT2D eigenvalue weighted by molar-refractivity contribution is 5.94. The number of nitrogens with zero attached hydrogens (tertiary/aromatic N) is 4. The van der Waals surface area contributed by atoms with Crippen LogP contribution in [0.3, 0.4) is 0 Å². The molecule has 8 heteroatoms. The van der Waals surface area contributed by atoms with E-state index in [0.717, 1.165) is 44.1 Å². The molecule has 1 amide bonds. The van der Waals surface area contributed by atoms with E-state index in [2.05, 4.69) is 27.0 Å². The molecule has 0 unspecified atom stereocenters. The maximum atomic E-state index is 12.3. The Morgan fingerprint density at radius 1 is 1.21 bits per heavy atom. The smallest absolute Gasteiger partial charge is 0.273 e. The van der Waals surface area contributed by atoms with Gasteiger partial charge in [0.25, 0.3) is 11.6 Å². The van der Waals surface area contributed by atoms with Gasteiger partial charge in [-0.05, 0) is 31.2 Å². The van der Waals surface area contributed by atoms with Gasteiger partial charge in [-0.3, -0.25) is 14.9 Å². The van der Waals surface area contributed by atoms with E-state index in [1.807, 2.05) is 12.1 Å². The van der Waals surface area contributed by atoms with Gasteiger partial charge in [0, 0.05) is 56.1 Å². The van der Waals surface area contributed by atoms with E-state index in [4.69, 9.17) is 0 Å². The van der Waals surface area contributed by atoms with E-state index >= 15 is 0 Å². The number of nitro benzene ring substituents is 1. The highest BCUT2D eigenvalue weighted by Crippen LogP contribution is 2.19. The van der Waals surface area contributed by atoms with Crippen molar-refractivity contribution in [3.8, 4) is 0 Å². The Balaban J connectivity index is 1.57. The van der Waals surface area contributed by atoms with Crippen LogP contribution >= 0.6 is 0 Å². The molecule has 28 heavy (non-hydrogen) atoms. The zero-order valence-corrected chi connectivity index (χ0v) is 16.2. The lowest BCUT2D eigenvalue weighted by molar-refractivity contribution is -0.385.